The molecule has 0 atom stereocenters. The Morgan fingerprint density at radius 2 is 1.80 bits per heavy atom. The molecule has 20 heavy (non-hydrogen) atoms. The smallest absolute Gasteiger partial charge is 0.0471 e. The first-order valence-electron chi connectivity index (χ1n) is 6.94. The van der Waals surface area contributed by atoms with Gasteiger partial charge in [-0.25, -0.2) is 0 Å². The molecular formula is C19H12N. The fourth-order valence-corrected chi connectivity index (χ4v) is 3.48. The van der Waals surface area contributed by atoms with Crippen LogP contribution in [-0.2, 0) is 6.42 Å². The first-order valence-corrected chi connectivity index (χ1v) is 6.94. The summed E-state index contributed by atoms with van der Waals surface area (Å²) in [4.78, 5) is 3.51. The van der Waals surface area contributed by atoms with Gasteiger partial charge in [-0.3, -0.25) is 0 Å². The number of H-pyrrole nitrogens is 1. The predicted octanol–water partition coefficient (Wildman–Crippen LogP) is 4.69. The standard InChI is InChI=1S/C19H12N/c1-2-6-14-12(5-1)11-13-9-10-17-19(18(13)14)15-7-3-4-8-16(15)20-17/h1-6,8-10,20H,11H2. The van der Waals surface area contributed by atoms with Crippen LogP contribution in [0.1, 0.15) is 11.1 Å². The molecule has 0 fully saturated rings. The van der Waals surface area contributed by atoms with Gasteiger partial charge in [0.15, 0.2) is 0 Å². The first kappa shape index (κ1) is 10.3. The molecule has 5 rings (SSSR count). The van der Waals surface area contributed by atoms with Gasteiger partial charge in [0.1, 0.15) is 0 Å². The third kappa shape index (κ3) is 1.17. The van der Waals surface area contributed by atoms with E-state index in [1.165, 1.54) is 44.1 Å². The summed E-state index contributed by atoms with van der Waals surface area (Å²) in [6.45, 7) is 0. The number of hydrogen-bond donors (Lipinski definition) is 1. The summed E-state index contributed by atoms with van der Waals surface area (Å²) in [6, 6.07) is 22.7. The van der Waals surface area contributed by atoms with Crippen LogP contribution in [0.4, 0.5) is 0 Å². The lowest BCUT2D eigenvalue weighted by molar-refractivity contribution is 1.27. The van der Waals surface area contributed by atoms with E-state index in [9.17, 15) is 0 Å². The zero-order valence-electron chi connectivity index (χ0n) is 10.9. The monoisotopic (exact) mass is 254 g/mol. The highest BCUT2D eigenvalue weighted by Crippen LogP contribution is 2.43. The Morgan fingerprint density at radius 3 is 2.80 bits per heavy atom. The van der Waals surface area contributed by atoms with Gasteiger partial charge in [-0.05, 0) is 46.9 Å². The molecule has 1 aliphatic rings. The molecule has 1 heterocycles. The van der Waals surface area contributed by atoms with Crippen molar-refractivity contribution in [3.63, 3.8) is 0 Å². The third-order valence-corrected chi connectivity index (χ3v) is 4.33. The molecular weight excluding hydrogens is 242 g/mol. The quantitative estimate of drug-likeness (QED) is 0.412. The molecule has 0 amide bonds. The summed E-state index contributed by atoms with van der Waals surface area (Å²) in [7, 11) is 0. The van der Waals surface area contributed by atoms with Crippen molar-refractivity contribution in [2.75, 3.05) is 0 Å². The van der Waals surface area contributed by atoms with Crippen molar-refractivity contribution in [2.45, 2.75) is 6.42 Å². The Balaban J connectivity index is 2.03. The van der Waals surface area contributed by atoms with E-state index < -0.39 is 0 Å². The third-order valence-electron chi connectivity index (χ3n) is 4.33. The van der Waals surface area contributed by atoms with Crippen molar-refractivity contribution in [1.29, 1.82) is 0 Å². The molecule has 0 spiro atoms. The van der Waals surface area contributed by atoms with Crippen LogP contribution in [0.3, 0.4) is 0 Å². The molecule has 1 heteroatoms. The van der Waals surface area contributed by atoms with E-state index in [0.717, 1.165) is 6.42 Å². The maximum absolute atomic E-state index is 3.51. The highest BCUT2D eigenvalue weighted by molar-refractivity contribution is 6.15. The summed E-state index contributed by atoms with van der Waals surface area (Å²) in [6.07, 6.45) is 1.04. The SMILES string of the molecule is [c]1cccc2[nH]c3ccc4c(c3c12)-c1ccccc1C4. The van der Waals surface area contributed by atoms with Crippen LogP contribution < -0.4 is 0 Å². The minimum absolute atomic E-state index is 1.04. The van der Waals surface area contributed by atoms with Crippen molar-refractivity contribution in [2.24, 2.45) is 0 Å². The van der Waals surface area contributed by atoms with Gasteiger partial charge in [0.05, 0.1) is 0 Å². The molecule has 0 bridgehead atoms. The number of rotatable bonds is 0. The summed E-state index contributed by atoms with van der Waals surface area (Å²) in [5.41, 5.74) is 8.01. The lowest BCUT2D eigenvalue weighted by Crippen LogP contribution is -1.80. The summed E-state index contributed by atoms with van der Waals surface area (Å²) < 4.78 is 0. The Labute approximate surface area is 116 Å². The van der Waals surface area contributed by atoms with Crippen molar-refractivity contribution in [3.8, 4) is 11.1 Å². The lowest BCUT2D eigenvalue weighted by atomic mass is 9.99. The van der Waals surface area contributed by atoms with Crippen LogP contribution in [-0.4, -0.2) is 4.98 Å². The van der Waals surface area contributed by atoms with Gasteiger partial charge in [-0.1, -0.05) is 42.5 Å². The molecule has 93 valence electrons. The van der Waals surface area contributed by atoms with Crippen molar-refractivity contribution < 1.29 is 0 Å². The van der Waals surface area contributed by atoms with Gasteiger partial charge in [0.2, 0.25) is 0 Å². The number of aromatic amines is 1. The fraction of sp³-hybridized carbons (Fsp3) is 0.0526. The maximum Gasteiger partial charge on any atom is 0.0471 e. The molecule has 0 unspecified atom stereocenters. The number of fused-ring (bicyclic) bond motifs is 7. The van der Waals surface area contributed by atoms with Gasteiger partial charge in [-0.15, -0.1) is 0 Å². The van der Waals surface area contributed by atoms with E-state index in [2.05, 4.69) is 53.5 Å². The molecule has 0 aliphatic heterocycles. The summed E-state index contributed by atoms with van der Waals surface area (Å²) in [5, 5.41) is 2.53. The Morgan fingerprint density at radius 1 is 0.850 bits per heavy atom. The highest BCUT2D eigenvalue weighted by atomic mass is 14.7. The second-order valence-electron chi connectivity index (χ2n) is 5.44. The Hall–Kier alpha value is -2.54. The van der Waals surface area contributed by atoms with Crippen molar-refractivity contribution in [1.82, 2.24) is 4.98 Å². The van der Waals surface area contributed by atoms with E-state index in [1.54, 1.807) is 0 Å². The second-order valence-corrected chi connectivity index (χ2v) is 5.44. The average Bonchev–Trinajstić information content (AvgIpc) is 3.04. The molecule has 1 aliphatic carbocycles. The highest BCUT2D eigenvalue weighted by Gasteiger charge is 2.22. The molecule has 0 saturated carbocycles. The number of hydrogen-bond acceptors (Lipinski definition) is 0. The summed E-state index contributed by atoms with van der Waals surface area (Å²) in [5.74, 6) is 0. The molecule has 1 radical (unpaired) electrons. The fourth-order valence-electron chi connectivity index (χ4n) is 3.48. The largest absolute Gasteiger partial charge is 0.354 e. The van der Waals surface area contributed by atoms with E-state index in [1.807, 2.05) is 12.1 Å². The Kier molecular flexibility index (Phi) is 1.80. The molecule has 4 aromatic rings. The van der Waals surface area contributed by atoms with Crippen LogP contribution in [0.5, 0.6) is 0 Å². The maximum atomic E-state index is 3.51. The first-order chi connectivity index (χ1) is 9.92. The summed E-state index contributed by atoms with van der Waals surface area (Å²) >= 11 is 0. The molecule has 1 aromatic heterocycles. The number of nitrogens with one attached hydrogen (secondary N) is 1. The van der Waals surface area contributed by atoms with Gasteiger partial charge in [0.25, 0.3) is 0 Å². The molecule has 1 N–H and O–H groups in total. The zero-order valence-corrected chi connectivity index (χ0v) is 10.9. The minimum Gasteiger partial charge on any atom is -0.354 e. The molecule has 1 nitrogen and oxygen atoms in total. The van der Waals surface area contributed by atoms with Gasteiger partial charge < -0.3 is 4.98 Å². The van der Waals surface area contributed by atoms with Crippen LogP contribution in [0, 0.1) is 6.07 Å². The predicted molar refractivity (Wildman–Crippen MR) is 82.9 cm³/mol. The van der Waals surface area contributed by atoms with E-state index in [0.29, 0.717) is 0 Å². The molecule has 3 aromatic carbocycles. The second kappa shape index (κ2) is 3.51. The van der Waals surface area contributed by atoms with Crippen LogP contribution in [0.2, 0.25) is 0 Å². The van der Waals surface area contributed by atoms with Gasteiger partial charge >= 0.3 is 0 Å². The van der Waals surface area contributed by atoms with Crippen LogP contribution in [0.25, 0.3) is 32.9 Å². The van der Waals surface area contributed by atoms with Crippen molar-refractivity contribution in [3.05, 3.63) is 71.8 Å². The minimum atomic E-state index is 1.04. The molecule has 0 saturated heterocycles. The van der Waals surface area contributed by atoms with E-state index in [4.69, 9.17) is 0 Å². The Bertz CT molecular complexity index is 976. The lowest BCUT2D eigenvalue weighted by Gasteiger charge is -2.03. The topological polar surface area (TPSA) is 15.8 Å². The van der Waals surface area contributed by atoms with E-state index >= 15 is 0 Å². The van der Waals surface area contributed by atoms with Gasteiger partial charge in [0, 0.05) is 21.8 Å². The number of aromatic nitrogens is 1. The zero-order chi connectivity index (χ0) is 13.1. The van der Waals surface area contributed by atoms with Crippen molar-refractivity contribution >= 4 is 21.8 Å². The van der Waals surface area contributed by atoms with E-state index in [-0.39, 0.29) is 0 Å². The van der Waals surface area contributed by atoms with Crippen LogP contribution in [0.15, 0.2) is 54.6 Å². The number of benzene rings is 3. The average molecular weight is 254 g/mol. The van der Waals surface area contributed by atoms with Gasteiger partial charge in [-0.2, -0.15) is 0 Å². The normalized spacial score (nSPS) is 12.8. The van der Waals surface area contributed by atoms with Crippen LogP contribution >= 0.6 is 0 Å².